The number of hydrogen-bond acceptors (Lipinski definition) is 4. The van der Waals surface area contributed by atoms with E-state index in [2.05, 4.69) is 0 Å². The van der Waals surface area contributed by atoms with Gasteiger partial charge in [-0.2, -0.15) is 0 Å². The van der Waals surface area contributed by atoms with Crippen LogP contribution in [0.2, 0.25) is 10.0 Å². The Balaban J connectivity index is 2.35. The van der Waals surface area contributed by atoms with Crippen LogP contribution in [0.1, 0.15) is 13.8 Å². The molecule has 1 heterocycles. The average molecular weight is 305 g/mol. The summed E-state index contributed by atoms with van der Waals surface area (Å²) in [5.74, 6) is 0. The van der Waals surface area contributed by atoms with Gasteiger partial charge in [0.05, 0.1) is 34.0 Å². The van der Waals surface area contributed by atoms with Crippen LogP contribution >= 0.6 is 23.2 Å². The summed E-state index contributed by atoms with van der Waals surface area (Å²) in [6.07, 6.45) is -0.256. The van der Waals surface area contributed by atoms with E-state index in [1.54, 1.807) is 12.1 Å². The maximum Gasteiger partial charge on any atom is 0.0988 e. The van der Waals surface area contributed by atoms with Crippen LogP contribution in [0.4, 0.5) is 11.4 Å². The van der Waals surface area contributed by atoms with Gasteiger partial charge in [-0.05, 0) is 26.0 Å². The molecule has 1 aliphatic heterocycles. The highest BCUT2D eigenvalue weighted by Gasteiger charge is 2.34. The summed E-state index contributed by atoms with van der Waals surface area (Å²) >= 11 is 12.5. The Bertz CT molecular complexity index is 457. The van der Waals surface area contributed by atoms with Crippen molar-refractivity contribution in [1.29, 1.82) is 0 Å². The van der Waals surface area contributed by atoms with Crippen molar-refractivity contribution in [3.8, 4) is 0 Å². The van der Waals surface area contributed by atoms with Gasteiger partial charge in [-0.25, -0.2) is 0 Å². The molecule has 4 nitrogen and oxygen atoms in total. The van der Waals surface area contributed by atoms with Gasteiger partial charge >= 0.3 is 0 Å². The van der Waals surface area contributed by atoms with E-state index in [0.717, 1.165) is 5.69 Å². The maximum absolute atomic E-state index is 9.33. The topological polar surface area (TPSA) is 58.7 Å². The summed E-state index contributed by atoms with van der Waals surface area (Å²) in [5, 5.41) is 10.4. The standard InChI is InChI=1S/C13H18Cl2N2O2/c1-13(2)7-17(5-9(6-18)19-13)12-10(14)3-8(16)4-11(12)15/h3-4,9,18H,5-7,16H2,1-2H3. The molecule has 2 rings (SSSR count). The monoisotopic (exact) mass is 304 g/mol. The molecule has 1 unspecified atom stereocenters. The normalized spacial score (nSPS) is 22.6. The highest BCUT2D eigenvalue weighted by Crippen LogP contribution is 2.38. The van der Waals surface area contributed by atoms with Crippen molar-refractivity contribution in [1.82, 2.24) is 0 Å². The Morgan fingerprint density at radius 3 is 2.53 bits per heavy atom. The molecule has 106 valence electrons. The van der Waals surface area contributed by atoms with Crippen LogP contribution in [-0.2, 0) is 4.74 Å². The third-order valence-corrected chi connectivity index (χ3v) is 3.62. The molecule has 0 spiro atoms. The van der Waals surface area contributed by atoms with Crippen molar-refractivity contribution < 1.29 is 9.84 Å². The molecule has 1 aromatic carbocycles. The molecule has 3 N–H and O–H groups in total. The second kappa shape index (κ2) is 5.37. The van der Waals surface area contributed by atoms with Gasteiger partial charge < -0.3 is 20.5 Å². The molecule has 0 saturated carbocycles. The van der Waals surface area contributed by atoms with Gasteiger partial charge in [0.1, 0.15) is 0 Å². The van der Waals surface area contributed by atoms with Crippen LogP contribution in [0.25, 0.3) is 0 Å². The number of morpholine rings is 1. The molecule has 0 aromatic heterocycles. The lowest BCUT2D eigenvalue weighted by Gasteiger charge is -2.43. The third-order valence-electron chi connectivity index (χ3n) is 3.04. The van der Waals surface area contributed by atoms with Gasteiger partial charge in [0, 0.05) is 18.8 Å². The van der Waals surface area contributed by atoms with Gasteiger partial charge in [-0.1, -0.05) is 23.2 Å². The van der Waals surface area contributed by atoms with Crippen LogP contribution in [0.5, 0.6) is 0 Å². The minimum atomic E-state index is -0.375. The van der Waals surface area contributed by atoms with E-state index in [1.165, 1.54) is 0 Å². The molecule has 1 fully saturated rings. The molecule has 6 heteroatoms. The maximum atomic E-state index is 9.33. The summed E-state index contributed by atoms with van der Waals surface area (Å²) < 4.78 is 5.78. The zero-order valence-electron chi connectivity index (χ0n) is 11.0. The van der Waals surface area contributed by atoms with Crippen molar-refractivity contribution in [3.05, 3.63) is 22.2 Å². The van der Waals surface area contributed by atoms with Gasteiger partial charge in [0.25, 0.3) is 0 Å². The van der Waals surface area contributed by atoms with Crippen molar-refractivity contribution in [3.63, 3.8) is 0 Å². The van der Waals surface area contributed by atoms with E-state index < -0.39 is 0 Å². The smallest absolute Gasteiger partial charge is 0.0988 e. The summed E-state index contributed by atoms with van der Waals surface area (Å²) in [4.78, 5) is 2.04. The summed E-state index contributed by atoms with van der Waals surface area (Å²) in [5.41, 5.74) is 6.61. The van der Waals surface area contributed by atoms with Crippen LogP contribution in [0.3, 0.4) is 0 Å². The first-order chi connectivity index (χ1) is 8.82. The SMILES string of the molecule is CC1(C)CN(c2c(Cl)cc(N)cc2Cl)CC(CO)O1. The minimum absolute atomic E-state index is 0.0376. The summed E-state index contributed by atoms with van der Waals surface area (Å²) in [6, 6.07) is 3.36. The number of anilines is 2. The van der Waals surface area contributed by atoms with Crippen molar-refractivity contribution in [2.24, 2.45) is 0 Å². The van der Waals surface area contributed by atoms with E-state index in [-0.39, 0.29) is 18.3 Å². The highest BCUT2D eigenvalue weighted by molar-refractivity contribution is 6.39. The lowest BCUT2D eigenvalue weighted by atomic mass is 10.0. The van der Waals surface area contributed by atoms with Crippen LogP contribution in [0.15, 0.2) is 12.1 Å². The lowest BCUT2D eigenvalue weighted by molar-refractivity contribution is -0.101. The van der Waals surface area contributed by atoms with E-state index in [4.69, 9.17) is 33.7 Å². The van der Waals surface area contributed by atoms with Gasteiger partial charge in [0.2, 0.25) is 0 Å². The van der Waals surface area contributed by atoms with Crippen LogP contribution < -0.4 is 10.6 Å². The zero-order chi connectivity index (χ0) is 14.2. The van der Waals surface area contributed by atoms with E-state index in [1.807, 2.05) is 18.7 Å². The fraction of sp³-hybridized carbons (Fsp3) is 0.538. The number of nitrogen functional groups attached to an aromatic ring is 1. The molecule has 1 saturated heterocycles. The lowest BCUT2D eigenvalue weighted by Crippen LogP contribution is -2.54. The molecule has 0 bridgehead atoms. The van der Waals surface area contributed by atoms with E-state index in [0.29, 0.717) is 28.8 Å². The average Bonchev–Trinajstić information content (AvgIpc) is 2.25. The van der Waals surface area contributed by atoms with Gasteiger partial charge in [-0.3, -0.25) is 0 Å². The number of hydrogen-bond donors (Lipinski definition) is 2. The highest BCUT2D eigenvalue weighted by atomic mass is 35.5. The fourth-order valence-electron chi connectivity index (χ4n) is 2.45. The van der Waals surface area contributed by atoms with Crippen LogP contribution in [-0.4, -0.2) is 36.5 Å². The number of aliphatic hydroxyl groups excluding tert-OH is 1. The minimum Gasteiger partial charge on any atom is -0.399 e. The number of aliphatic hydroxyl groups is 1. The molecular weight excluding hydrogens is 287 g/mol. The van der Waals surface area contributed by atoms with Crippen molar-refractivity contribution in [2.75, 3.05) is 30.3 Å². The predicted octanol–water partition coefficient (Wildman–Crippen LogP) is 2.55. The first-order valence-corrected chi connectivity index (χ1v) is 6.86. The Morgan fingerprint density at radius 2 is 2.00 bits per heavy atom. The van der Waals surface area contributed by atoms with Gasteiger partial charge in [0.15, 0.2) is 0 Å². The number of nitrogens with zero attached hydrogens (tertiary/aromatic N) is 1. The quantitative estimate of drug-likeness (QED) is 0.825. The molecule has 0 aliphatic carbocycles. The number of rotatable bonds is 2. The Morgan fingerprint density at radius 1 is 1.42 bits per heavy atom. The number of nitrogens with two attached hydrogens (primary N) is 1. The second-order valence-electron chi connectivity index (χ2n) is 5.40. The Hall–Kier alpha value is -0.680. The second-order valence-corrected chi connectivity index (χ2v) is 6.21. The number of benzene rings is 1. The summed E-state index contributed by atoms with van der Waals surface area (Å²) in [7, 11) is 0. The Kier molecular flexibility index (Phi) is 4.16. The van der Waals surface area contributed by atoms with E-state index >= 15 is 0 Å². The molecule has 0 radical (unpaired) electrons. The first-order valence-electron chi connectivity index (χ1n) is 6.10. The van der Waals surface area contributed by atoms with E-state index in [9.17, 15) is 5.11 Å². The molecule has 1 aliphatic rings. The first kappa shape index (κ1) is 14.7. The zero-order valence-corrected chi connectivity index (χ0v) is 12.5. The molecule has 1 atom stereocenters. The van der Waals surface area contributed by atoms with Crippen molar-refractivity contribution in [2.45, 2.75) is 25.6 Å². The van der Waals surface area contributed by atoms with Crippen LogP contribution in [0, 0.1) is 0 Å². The number of ether oxygens (including phenoxy) is 1. The Labute approximate surface area is 123 Å². The van der Waals surface area contributed by atoms with Crippen molar-refractivity contribution >= 4 is 34.6 Å². The molecule has 0 amide bonds. The predicted molar refractivity (Wildman–Crippen MR) is 79.1 cm³/mol. The molecular formula is C13H18Cl2N2O2. The largest absolute Gasteiger partial charge is 0.399 e. The number of halogens is 2. The third kappa shape index (κ3) is 3.26. The molecule has 1 aromatic rings. The molecule has 19 heavy (non-hydrogen) atoms. The fourth-order valence-corrected chi connectivity index (χ4v) is 3.19. The van der Waals surface area contributed by atoms with Gasteiger partial charge in [-0.15, -0.1) is 0 Å². The summed E-state index contributed by atoms with van der Waals surface area (Å²) in [6.45, 7) is 5.10.